The molecule has 1 saturated heterocycles. The van der Waals surface area contributed by atoms with Crippen LogP contribution in [0, 0.1) is 11.3 Å². The van der Waals surface area contributed by atoms with E-state index < -0.39 is 5.92 Å². The molecule has 0 bridgehead atoms. The fourth-order valence-corrected chi connectivity index (χ4v) is 4.14. The number of rotatable bonds is 5. The zero-order valence-electron chi connectivity index (χ0n) is 17.7. The minimum absolute atomic E-state index is 0. The van der Waals surface area contributed by atoms with Gasteiger partial charge in [-0.05, 0) is 29.8 Å². The van der Waals surface area contributed by atoms with Gasteiger partial charge in [0.05, 0.1) is 30.5 Å². The van der Waals surface area contributed by atoms with Crippen LogP contribution in [0.1, 0.15) is 22.7 Å². The number of nitrogens with one attached hydrogen (secondary N) is 1. The first-order chi connectivity index (χ1) is 15.2. The van der Waals surface area contributed by atoms with Gasteiger partial charge in [0.25, 0.3) is 0 Å². The van der Waals surface area contributed by atoms with Crippen molar-refractivity contribution in [2.45, 2.75) is 5.92 Å². The second-order valence-corrected chi connectivity index (χ2v) is 7.55. The molecule has 8 nitrogen and oxygen atoms in total. The Bertz CT molecular complexity index is 1190. The Morgan fingerprint density at radius 2 is 2.00 bits per heavy atom. The molecule has 33 heavy (non-hydrogen) atoms. The first kappa shape index (κ1) is 24.7. The minimum atomic E-state index is -0.600. The minimum Gasteiger partial charge on any atom is -0.490 e. The van der Waals surface area contributed by atoms with E-state index in [9.17, 15) is 10.1 Å². The summed E-state index contributed by atoms with van der Waals surface area (Å²) in [5.41, 5.74) is 3.24. The summed E-state index contributed by atoms with van der Waals surface area (Å²) in [4.78, 5) is 24.0. The van der Waals surface area contributed by atoms with Crippen LogP contribution in [0.5, 0.6) is 5.75 Å². The lowest BCUT2D eigenvalue weighted by Gasteiger charge is -2.26. The summed E-state index contributed by atoms with van der Waals surface area (Å²) >= 11 is 0. The maximum atomic E-state index is 12.8. The third-order valence-electron chi connectivity index (χ3n) is 5.71. The van der Waals surface area contributed by atoms with E-state index in [1.807, 2.05) is 18.2 Å². The van der Waals surface area contributed by atoms with Crippen molar-refractivity contribution in [3.8, 4) is 11.8 Å². The number of fused-ring (bicyclic) bond motifs is 2. The lowest BCUT2D eigenvalue weighted by atomic mass is 9.93. The number of aromatic nitrogens is 2. The molecule has 1 amide bonds. The van der Waals surface area contributed by atoms with Crippen LogP contribution in [0.4, 0.5) is 5.69 Å². The molecule has 172 valence electrons. The van der Waals surface area contributed by atoms with Crippen molar-refractivity contribution in [2.24, 2.45) is 0 Å². The van der Waals surface area contributed by atoms with Gasteiger partial charge in [-0.25, -0.2) is 9.97 Å². The number of carbonyl (C=O) groups is 1. The number of hydrogen-bond acceptors (Lipinski definition) is 7. The van der Waals surface area contributed by atoms with Gasteiger partial charge >= 0.3 is 0 Å². The molecule has 2 aliphatic rings. The lowest BCUT2D eigenvalue weighted by molar-refractivity contribution is -0.116. The number of benzene rings is 2. The van der Waals surface area contributed by atoms with E-state index in [2.05, 4.69) is 26.3 Å². The van der Waals surface area contributed by atoms with Gasteiger partial charge in [-0.2, -0.15) is 5.26 Å². The molecule has 1 aromatic heterocycles. The first-order valence-electron chi connectivity index (χ1n) is 10.3. The number of anilines is 1. The summed E-state index contributed by atoms with van der Waals surface area (Å²) in [5, 5.41) is 12.9. The van der Waals surface area contributed by atoms with Crippen LogP contribution < -0.4 is 10.1 Å². The van der Waals surface area contributed by atoms with Crippen LogP contribution in [-0.4, -0.2) is 60.2 Å². The number of para-hydroxylation sites is 1. The molecule has 3 aromatic rings. The highest BCUT2D eigenvalue weighted by atomic mass is 35.5. The molecule has 0 saturated carbocycles. The largest absolute Gasteiger partial charge is 0.490 e. The summed E-state index contributed by atoms with van der Waals surface area (Å²) < 4.78 is 11.4. The van der Waals surface area contributed by atoms with E-state index in [0.717, 1.165) is 43.8 Å². The second kappa shape index (κ2) is 10.8. The molecule has 1 atom stereocenters. The highest BCUT2D eigenvalue weighted by Gasteiger charge is 2.34. The molecule has 2 aromatic carbocycles. The molecule has 10 heteroatoms. The molecule has 1 unspecified atom stereocenters. The molecule has 3 heterocycles. The van der Waals surface area contributed by atoms with E-state index in [0.29, 0.717) is 34.8 Å². The summed E-state index contributed by atoms with van der Waals surface area (Å²) in [7, 11) is 0. The van der Waals surface area contributed by atoms with Crippen molar-refractivity contribution in [1.29, 1.82) is 5.26 Å². The topological polar surface area (TPSA) is 100 Å². The molecular weight excluding hydrogens is 465 g/mol. The quantitative estimate of drug-likeness (QED) is 0.589. The van der Waals surface area contributed by atoms with E-state index in [4.69, 9.17) is 9.47 Å². The standard InChI is InChI=1S/C23H21N5O3.2ClH/c24-13-15-4-5-18-17(12-15)20(23(29)27-18)22-16-2-1-3-19(21(16)25-14-26-22)31-11-8-28-6-9-30-10-7-28;;/h1-5,12,14,20H,6-11H2,(H,27,29);2*1H. The number of ether oxygens (including phenoxy) is 2. The SMILES string of the molecule is Cl.Cl.N#Cc1ccc2c(c1)C(c1ncnc3c(OCCN4CCOCC4)cccc13)C(=O)N2. The van der Waals surface area contributed by atoms with Gasteiger partial charge in [0.1, 0.15) is 30.1 Å². The smallest absolute Gasteiger partial charge is 0.238 e. The van der Waals surface area contributed by atoms with Crippen molar-refractivity contribution in [3.05, 3.63) is 59.5 Å². The zero-order valence-corrected chi connectivity index (χ0v) is 19.3. The van der Waals surface area contributed by atoms with Crippen LogP contribution in [0.15, 0.2) is 42.7 Å². The number of carbonyl (C=O) groups excluding carboxylic acids is 1. The first-order valence-corrected chi connectivity index (χ1v) is 10.3. The van der Waals surface area contributed by atoms with Crippen molar-refractivity contribution in [1.82, 2.24) is 14.9 Å². The number of morpholine rings is 1. The van der Waals surface area contributed by atoms with Crippen LogP contribution in [0.25, 0.3) is 10.9 Å². The summed E-state index contributed by atoms with van der Waals surface area (Å²) in [6.07, 6.45) is 1.46. The van der Waals surface area contributed by atoms with Gasteiger partial charge in [0, 0.05) is 30.7 Å². The maximum Gasteiger partial charge on any atom is 0.238 e. The van der Waals surface area contributed by atoms with Crippen molar-refractivity contribution < 1.29 is 14.3 Å². The second-order valence-electron chi connectivity index (χ2n) is 7.55. The van der Waals surface area contributed by atoms with Crippen molar-refractivity contribution >= 4 is 47.3 Å². The Hall–Kier alpha value is -2.96. The zero-order chi connectivity index (χ0) is 21.2. The maximum absolute atomic E-state index is 12.8. The van der Waals surface area contributed by atoms with Gasteiger partial charge in [0.2, 0.25) is 5.91 Å². The molecular formula is C23H23Cl2N5O3. The van der Waals surface area contributed by atoms with Crippen LogP contribution in [0.2, 0.25) is 0 Å². The summed E-state index contributed by atoms with van der Waals surface area (Å²) in [6.45, 7) is 4.68. The van der Waals surface area contributed by atoms with Crippen molar-refractivity contribution in [3.63, 3.8) is 0 Å². The fraction of sp³-hybridized carbons (Fsp3) is 0.304. The third-order valence-corrected chi connectivity index (χ3v) is 5.71. The molecule has 0 spiro atoms. The number of amides is 1. The predicted molar refractivity (Wildman–Crippen MR) is 128 cm³/mol. The van der Waals surface area contributed by atoms with E-state index in [1.54, 1.807) is 18.2 Å². The average Bonchev–Trinajstić information content (AvgIpc) is 3.14. The average molecular weight is 488 g/mol. The van der Waals surface area contributed by atoms with Crippen LogP contribution in [-0.2, 0) is 9.53 Å². The molecule has 1 fully saturated rings. The molecule has 0 radical (unpaired) electrons. The fourth-order valence-electron chi connectivity index (χ4n) is 4.14. The Morgan fingerprint density at radius 1 is 1.18 bits per heavy atom. The summed E-state index contributed by atoms with van der Waals surface area (Å²) in [5.74, 6) is -0.0973. The molecule has 5 rings (SSSR count). The number of nitrogens with zero attached hydrogens (tertiary/aromatic N) is 4. The van der Waals surface area contributed by atoms with E-state index in [1.165, 1.54) is 6.33 Å². The normalized spacial score (nSPS) is 17.3. The molecule has 0 aliphatic carbocycles. The van der Waals surface area contributed by atoms with Crippen LogP contribution in [0.3, 0.4) is 0 Å². The lowest BCUT2D eigenvalue weighted by Crippen LogP contribution is -2.38. The Balaban J connectivity index is 0.00000153. The van der Waals surface area contributed by atoms with Crippen molar-refractivity contribution in [2.75, 3.05) is 44.8 Å². The van der Waals surface area contributed by atoms with Gasteiger partial charge in [0.15, 0.2) is 0 Å². The Labute approximate surface area is 203 Å². The van der Waals surface area contributed by atoms with E-state index in [-0.39, 0.29) is 30.7 Å². The number of hydrogen-bond donors (Lipinski definition) is 1. The van der Waals surface area contributed by atoms with E-state index >= 15 is 0 Å². The third kappa shape index (κ3) is 4.87. The summed E-state index contributed by atoms with van der Waals surface area (Å²) in [6, 6.07) is 13.0. The molecule has 1 N–H and O–H groups in total. The Kier molecular flexibility index (Phi) is 8.06. The van der Waals surface area contributed by atoms with Gasteiger partial charge in [-0.1, -0.05) is 12.1 Å². The number of nitriles is 1. The van der Waals surface area contributed by atoms with Crippen LogP contribution >= 0.6 is 24.8 Å². The Morgan fingerprint density at radius 3 is 2.79 bits per heavy atom. The highest BCUT2D eigenvalue weighted by Crippen LogP contribution is 2.40. The predicted octanol–water partition coefficient (Wildman–Crippen LogP) is 3.14. The number of halogens is 2. The van der Waals surface area contributed by atoms with Gasteiger partial charge in [-0.15, -0.1) is 24.8 Å². The van der Waals surface area contributed by atoms with Gasteiger partial charge < -0.3 is 14.8 Å². The molecule has 2 aliphatic heterocycles. The van der Waals surface area contributed by atoms with Gasteiger partial charge in [-0.3, -0.25) is 9.69 Å². The monoisotopic (exact) mass is 487 g/mol. The highest BCUT2D eigenvalue weighted by molar-refractivity contribution is 6.07.